The standard InChI is InChI=1S/C8H11N3O3/c9-6(3-12)5-2-11-7(10)1-4(5)8(13)14/h1-2,6,12H,3,9H2,(H2,10,11)(H,13,14). The summed E-state index contributed by atoms with van der Waals surface area (Å²) in [6, 6.07) is 0.460. The number of rotatable bonds is 3. The molecule has 0 amide bonds. The van der Waals surface area contributed by atoms with E-state index < -0.39 is 12.0 Å². The van der Waals surface area contributed by atoms with E-state index in [4.69, 9.17) is 21.7 Å². The number of hydrogen-bond acceptors (Lipinski definition) is 5. The topological polar surface area (TPSA) is 122 Å². The van der Waals surface area contributed by atoms with Gasteiger partial charge in [0.15, 0.2) is 0 Å². The van der Waals surface area contributed by atoms with E-state index in [0.29, 0.717) is 0 Å². The zero-order valence-electron chi connectivity index (χ0n) is 7.34. The van der Waals surface area contributed by atoms with Gasteiger partial charge in [-0.2, -0.15) is 0 Å². The lowest BCUT2D eigenvalue weighted by Gasteiger charge is -2.11. The van der Waals surface area contributed by atoms with Crippen LogP contribution in [0, 0.1) is 0 Å². The van der Waals surface area contributed by atoms with E-state index in [2.05, 4.69) is 4.98 Å². The number of hydrogen-bond donors (Lipinski definition) is 4. The van der Waals surface area contributed by atoms with Crippen LogP contribution in [0.25, 0.3) is 0 Å². The molecule has 0 fully saturated rings. The molecule has 0 radical (unpaired) electrons. The van der Waals surface area contributed by atoms with Crippen molar-refractivity contribution in [2.45, 2.75) is 6.04 Å². The third-order valence-electron chi connectivity index (χ3n) is 1.78. The highest BCUT2D eigenvalue weighted by molar-refractivity contribution is 5.90. The van der Waals surface area contributed by atoms with E-state index in [1.807, 2.05) is 0 Å². The van der Waals surface area contributed by atoms with Gasteiger partial charge in [0, 0.05) is 11.8 Å². The second-order valence-corrected chi connectivity index (χ2v) is 2.79. The molecule has 0 spiro atoms. The van der Waals surface area contributed by atoms with Gasteiger partial charge in [-0.15, -0.1) is 0 Å². The summed E-state index contributed by atoms with van der Waals surface area (Å²) in [6.07, 6.45) is 1.26. The Morgan fingerprint density at radius 1 is 1.64 bits per heavy atom. The molecule has 0 aliphatic carbocycles. The van der Waals surface area contributed by atoms with Crippen LogP contribution >= 0.6 is 0 Å². The lowest BCUT2D eigenvalue weighted by atomic mass is 10.0. The van der Waals surface area contributed by atoms with Gasteiger partial charge in [0.25, 0.3) is 0 Å². The normalized spacial score (nSPS) is 12.4. The van der Waals surface area contributed by atoms with Crippen LogP contribution in [0.1, 0.15) is 22.0 Å². The summed E-state index contributed by atoms with van der Waals surface area (Å²) in [5.41, 5.74) is 11.1. The summed E-state index contributed by atoms with van der Waals surface area (Å²) in [5, 5.41) is 17.6. The average Bonchev–Trinajstić information content (AvgIpc) is 2.16. The Hall–Kier alpha value is -1.66. The number of anilines is 1. The molecule has 1 rings (SSSR count). The first kappa shape index (κ1) is 10.4. The number of aliphatic hydroxyl groups excluding tert-OH is 1. The zero-order chi connectivity index (χ0) is 10.7. The molecule has 0 saturated heterocycles. The van der Waals surface area contributed by atoms with E-state index in [0.717, 1.165) is 0 Å². The van der Waals surface area contributed by atoms with Crippen molar-refractivity contribution in [3.63, 3.8) is 0 Å². The maximum atomic E-state index is 10.8. The first-order chi connectivity index (χ1) is 6.56. The van der Waals surface area contributed by atoms with E-state index in [1.165, 1.54) is 12.3 Å². The Morgan fingerprint density at radius 3 is 2.79 bits per heavy atom. The van der Waals surface area contributed by atoms with E-state index in [1.54, 1.807) is 0 Å². The molecule has 76 valence electrons. The molecule has 0 aromatic carbocycles. The van der Waals surface area contributed by atoms with Crippen molar-refractivity contribution < 1.29 is 15.0 Å². The van der Waals surface area contributed by atoms with Crippen molar-refractivity contribution in [3.8, 4) is 0 Å². The quantitative estimate of drug-likeness (QED) is 0.511. The largest absolute Gasteiger partial charge is 0.478 e. The van der Waals surface area contributed by atoms with E-state index in [-0.39, 0.29) is 23.6 Å². The van der Waals surface area contributed by atoms with Crippen LogP contribution in [0.15, 0.2) is 12.3 Å². The van der Waals surface area contributed by atoms with Gasteiger partial charge in [0.05, 0.1) is 18.2 Å². The number of pyridine rings is 1. The summed E-state index contributed by atoms with van der Waals surface area (Å²) in [7, 11) is 0. The molecule has 0 bridgehead atoms. The minimum Gasteiger partial charge on any atom is -0.478 e. The number of aliphatic hydroxyl groups is 1. The lowest BCUT2D eigenvalue weighted by molar-refractivity contribution is 0.0694. The number of aromatic nitrogens is 1. The second-order valence-electron chi connectivity index (χ2n) is 2.79. The van der Waals surface area contributed by atoms with Gasteiger partial charge in [-0.3, -0.25) is 0 Å². The lowest BCUT2D eigenvalue weighted by Crippen LogP contribution is -2.19. The Bertz CT molecular complexity index is 354. The minimum absolute atomic E-state index is 0.0287. The number of nitrogen functional groups attached to an aromatic ring is 1. The van der Waals surface area contributed by atoms with Crippen molar-refractivity contribution in [1.29, 1.82) is 0 Å². The maximum absolute atomic E-state index is 10.8. The van der Waals surface area contributed by atoms with Crippen LogP contribution in [-0.4, -0.2) is 27.8 Å². The Labute approximate surface area is 80.2 Å². The molecular formula is C8H11N3O3. The zero-order valence-corrected chi connectivity index (χ0v) is 7.34. The first-order valence-corrected chi connectivity index (χ1v) is 3.91. The van der Waals surface area contributed by atoms with Gasteiger partial charge in [-0.05, 0) is 6.07 Å². The van der Waals surface area contributed by atoms with Crippen LogP contribution in [0.5, 0.6) is 0 Å². The van der Waals surface area contributed by atoms with Crippen LogP contribution in [0.2, 0.25) is 0 Å². The van der Waals surface area contributed by atoms with E-state index >= 15 is 0 Å². The van der Waals surface area contributed by atoms with Crippen LogP contribution in [0.3, 0.4) is 0 Å². The Kier molecular flexibility index (Phi) is 3.00. The number of carboxylic acids is 1. The number of carboxylic acid groups (broad SMARTS) is 1. The summed E-state index contributed by atoms with van der Waals surface area (Å²) < 4.78 is 0. The average molecular weight is 197 g/mol. The second kappa shape index (κ2) is 4.03. The fourth-order valence-electron chi connectivity index (χ4n) is 1.06. The van der Waals surface area contributed by atoms with Gasteiger partial charge >= 0.3 is 5.97 Å². The third kappa shape index (κ3) is 1.98. The number of nitrogens with zero attached hydrogens (tertiary/aromatic N) is 1. The SMILES string of the molecule is Nc1cc(C(=O)O)c(C(N)CO)cn1. The minimum atomic E-state index is -1.14. The molecule has 6 N–H and O–H groups in total. The third-order valence-corrected chi connectivity index (χ3v) is 1.78. The monoisotopic (exact) mass is 197 g/mol. The van der Waals surface area contributed by atoms with Gasteiger partial charge in [-0.25, -0.2) is 9.78 Å². The van der Waals surface area contributed by atoms with Crippen molar-refractivity contribution in [2.24, 2.45) is 5.73 Å². The van der Waals surface area contributed by atoms with Crippen molar-refractivity contribution >= 4 is 11.8 Å². The molecule has 6 heteroatoms. The smallest absolute Gasteiger partial charge is 0.336 e. The number of aromatic carboxylic acids is 1. The molecule has 14 heavy (non-hydrogen) atoms. The fraction of sp³-hybridized carbons (Fsp3) is 0.250. The molecule has 1 heterocycles. The predicted octanol–water partition coefficient (Wildman–Crippen LogP) is -0.646. The van der Waals surface area contributed by atoms with Crippen LogP contribution in [0.4, 0.5) is 5.82 Å². The van der Waals surface area contributed by atoms with E-state index in [9.17, 15) is 4.79 Å². The first-order valence-electron chi connectivity index (χ1n) is 3.91. The molecular weight excluding hydrogens is 186 g/mol. The molecule has 0 aliphatic heterocycles. The Balaban J connectivity index is 3.21. The van der Waals surface area contributed by atoms with Crippen molar-refractivity contribution in [3.05, 3.63) is 23.4 Å². The van der Waals surface area contributed by atoms with Crippen LogP contribution in [-0.2, 0) is 0 Å². The molecule has 1 unspecified atom stereocenters. The summed E-state index contributed by atoms with van der Waals surface area (Å²) in [6.45, 7) is -0.341. The van der Waals surface area contributed by atoms with Gasteiger partial charge < -0.3 is 21.7 Å². The summed E-state index contributed by atoms with van der Waals surface area (Å²) in [4.78, 5) is 14.5. The summed E-state index contributed by atoms with van der Waals surface area (Å²) >= 11 is 0. The molecule has 1 aromatic heterocycles. The molecule has 1 atom stereocenters. The molecule has 1 aromatic rings. The number of carbonyl (C=O) groups is 1. The molecule has 0 aliphatic rings. The number of nitrogens with two attached hydrogens (primary N) is 2. The summed E-state index contributed by atoms with van der Waals surface area (Å²) in [5.74, 6) is -1.03. The molecule has 6 nitrogen and oxygen atoms in total. The van der Waals surface area contributed by atoms with Gasteiger partial charge in [0.1, 0.15) is 5.82 Å². The molecule has 0 saturated carbocycles. The highest BCUT2D eigenvalue weighted by Crippen LogP contribution is 2.16. The maximum Gasteiger partial charge on any atom is 0.336 e. The Morgan fingerprint density at radius 2 is 2.29 bits per heavy atom. The van der Waals surface area contributed by atoms with Crippen molar-refractivity contribution in [2.75, 3.05) is 12.3 Å². The highest BCUT2D eigenvalue weighted by atomic mass is 16.4. The van der Waals surface area contributed by atoms with Gasteiger partial charge in [-0.1, -0.05) is 0 Å². The predicted molar refractivity (Wildman–Crippen MR) is 49.6 cm³/mol. The van der Waals surface area contributed by atoms with Gasteiger partial charge in [0.2, 0.25) is 0 Å². The fourth-order valence-corrected chi connectivity index (χ4v) is 1.06. The van der Waals surface area contributed by atoms with Crippen molar-refractivity contribution in [1.82, 2.24) is 4.98 Å². The highest BCUT2D eigenvalue weighted by Gasteiger charge is 2.16. The van der Waals surface area contributed by atoms with Crippen LogP contribution < -0.4 is 11.5 Å².